The van der Waals surface area contributed by atoms with Crippen LogP contribution in [-0.4, -0.2) is 6.21 Å². The Bertz CT molecular complexity index is 588. The third-order valence-corrected chi connectivity index (χ3v) is 2.94. The highest BCUT2D eigenvalue weighted by Gasteiger charge is 2.09. The van der Waals surface area contributed by atoms with Gasteiger partial charge in [0.05, 0.1) is 6.04 Å². The number of hydrogen-bond donors (Lipinski definition) is 0. The lowest BCUT2D eigenvalue weighted by atomic mass is 10.1. The number of rotatable bonds is 3. The molecule has 0 aliphatic carbocycles. The third kappa shape index (κ3) is 3.47. The molecule has 0 aliphatic rings. The molecule has 0 fully saturated rings. The van der Waals surface area contributed by atoms with Crippen LogP contribution in [0.2, 0.25) is 0 Å². The summed E-state index contributed by atoms with van der Waals surface area (Å²) in [6, 6.07) is 11.1. The van der Waals surface area contributed by atoms with Gasteiger partial charge in [0.2, 0.25) is 0 Å². The summed E-state index contributed by atoms with van der Waals surface area (Å²) in [5, 5.41) is 0. The Balaban J connectivity index is 2.16. The number of hydrogen-bond acceptors (Lipinski definition) is 1. The van der Waals surface area contributed by atoms with Gasteiger partial charge in [0.15, 0.2) is 0 Å². The molecule has 0 spiro atoms. The fourth-order valence-corrected chi connectivity index (χ4v) is 1.77. The molecule has 0 aromatic heterocycles. The predicted octanol–water partition coefficient (Wildman–Crippen LogP) is 4.45. The van der Waals surface area contributed by atoms with E-state index in [2.05, 4.69) is 4.99 Å². The lowest BCUT2D eigenvalue weighted by Gasteiger charge is -2.07. The number of nitrogens with zero attached hydrogens (tertiary/aromatic N) is 1. The number of aryl methyl sites for hydroxylation is 1. The van der Waals surface area contributed by atoms with Gasteiger partial charge in [-0.15, -0.1) is 0 Å². The minimum Gasteiger partial charge on any atom is -0.285 e. The molecule has 0 saturated carbocycles. The van der Waals surface area contributed by atoms with Crippen molar-refractivity contribution in [2.24, 2.45) is 4.99 Å². The first kappa shape index (κ1) is 13.4. The molecule has 1 unspecified atom stereocenters. The summed E-state index contributed by atoms with van der Waals surface area (Å²) < 4.78 is 26.4. The van der Waals surface area contributed by atoms with E-state index in [1.807, 2.05) is 31.2 Å². The zero-order valence-electron chi connectivity index (χ0n) is 10.9. The Hall–Kier alpha value is -2.03. The summed E-state index contributed by atoms with van der Waals surface area (Å²) in [5.74, 6) is -1.13. The van der Waals surface area contributed by atoms with Crippen LogP contribution < -0.4 is 0 Å². The summed E-state index contributed by atoms with van der Waals surface area (Å²) in [5.41, 5.74) is 2.53. The molecule has 2 aromatic carbocycles. The Kier molecular flexibility index (Phi) is 4.05. The van der Waals surface area contributed by atoms with Gasteiger partial charge < -0.3 is 0 Å². The van der Waals surface area contributed by atoms with Crippen molar-refractivity contribution in [3.05, 3.63) is 70.8 Å². The van der Waals surface area contributed by atoms with E-state index in [1.54, 1.807) is 13.1 Å². The Labute approximate surface area is 111 Å². The van der Waals surface area contributed by atoms with Crippen LogP contribution in [0.4, 0.5) is 8.78 Å². The van der Waals surface area contributed by atoms with Crippen molar-refractivity contribution in [3.8, 4) is 0 Å². The van der Waals surface area contributed by atoms with Gasteiger partial charge in [0, 0.05) is 17.8 Å². The second-order valence-corrected chi connectivity index (χ2v) is 4.53. The molecule has 2 rings (SSSR count). The average Bonchev–Trinajstić information content (AvgIpc) is 2.37. The third-order valence-electron chi connectivity index (χ3n) is 2.94. The Morgan fingerprint density at radius 2 is 1.74 bits per heavy atom. The summed E-state index contributed by atoms with van der Waals surface area (Å²) in [6.07, 6.45) is 1.70. The quantitative estimate of drug-likeness (QED) is 0.722. The van der Waals surface area contributed by atoms with Crippen LogP contribution in [0.15, 0.2) is 47.5 Å². The first-order chi connectivity index (χ1) is 9.06. The van der Waals surface area contributed by atoms with E-state index in [1.165, 1.54) is 17.7 Å². The molecule has 1 atom stereocenters. The molecule has 0 bridgehead atoms. The molecule has 0 heterocycles. The summed E-state index contributed by atoms with van der Waals surface area (Å²) >= 11 is 0. The molecular formula is C16H15F2N. The van der Waals surface area contributed by atoms with Crippen LogP contribution in [0.5, 0.6) is 0 Å². The van der Waals surface area contributed by atoms with E-state index >= 15 is 0 Å². The molecule has 1 nitrogen and oxygen atoms in total. The van der Waals surface area contributed by atoms with Crippen LogP contribution in [0.25, 0.3) is 0 Å². The lowest BCUT2D eigenvalue weighted by Crippen LogP contribution is -1.96. The lowest BCUT2D eigenvalue weighted by molar-refractivity contribution is 0.563. The van der Waals surface area contributed by atoms with Crippen LogP contribution >= 0.6 is 0 Å². The maximum absolute atomic E-state index is 13.6. The Morgan fingerprint density at radius 1 is 1.05 bits per heavy atom. The van der Waals surface area contributed by atoms with E-state index in [0.29, 0.717) is 5.56 Å². The highest BCUT2D eigenvalue weighted by Crippen LogP contribution is 2.20. The van der Waals surface area contributed by atoms with Crippen molar-refractivity contribution in [2.45, 2.75) is 19.9 Å². The van der Waals surface area contributed by atoms with E-state index in [9.17, 15) is 8.78 Å². The average molecular weight is 259 g/mol. The zero-order valence-corrected chi connectivity index (χ0v) is 10.9. The predicted molar refractivity (Wildman–Crippen MR) is 73.5 cm³/mol. The van der Waals surface area contributed by atoms with E-state index in [4.69, 9.17) is 0 Å². The summed E-state index contributed by atoms with van der Waals surface area (Å²) in [6.45, 7) is 3.79. The maximum atomic E-state index is 13.6. The van der Waals surface area contributed by atoms with Crippen molar-refractivity contribution >= 4 is 6.21 Å². The van der Waals surface area contributed by atoms with E-state index < -0.39 is 11.6 Å². The van der Waals surface area contributed by atoms with Crippen molar-refractivity contribution < 1.29 is 8.78 Å². The topological polar surface area (TPSA) is 12.4 Å². The molecule has 3 heteroatoms. The normalized spacial score (nSPS) is 12.8. The molecule has 0 N–H and O–H groups in total. The van der Waals surface area contributed by atoms with Gasteiger partial charge in [-0.25, -0.2) is 8.78 Å². The molecule has 2 aromatic rings. The number of benzene rings is 2. The largest absolute Gasteiger partial charge is 0.285 e. The monoisotopic (exact) mass is 259 g/mol. The minimum absolute atomic E-state index is 0.345. The SMILES string of the molecule is Cc1ccc(/C=N\C(C)c2ccc(F)cc2F)cc1. The fraction of sp³-hybridized carbons (Fsp3) is 0.188. The molecular weight excluding hydrogens is 244 g/mol. The second kappa shape index (κ2) is 5.74. The van der Waals surface area contributed by atoms with Crippen LogP contribution in [-0.2, 0) is 0 Å². The van der Waals surface area contributed by atoms with Crippen molar-refractivity contribution in [1.82, 2.24) is 0 Å². The summed E-state index contributed by atoms with van der Waals surface area (Å²) in [4.78, 5) is 4.30. The van der Waals surface area contributed by atoms with Crippen LogP contribution in [0.3, 0.4) is 0 Å². The molecule has 98 valence electrons. The van der Waals surface area contributed by atoms with Crippen LogP contribution in [0.1, 0.15) is 29.7 Å². The minimum atomic E-state index is -0.573. The zero-order chi connectivity index (χ0) is 13.8. The maximum Gasteiger partial charge on any atom is 0.131 e. The van der Waals surface area contributed by atoms with Gasteiger partial charge in [-0.3, -0.25) is 4.99 Å². The van der Waals surface area contributed by atoms with Crippen molar-refractivity contribution in [1.29, 1.82) is 0 Å². The fourth-order valence-electron chi connectivity index (χ4n) is 1.77. The van der Waals surface area contributed by atoms with Gasteiger partial charge in [0.1, 0.15) is 11.6 Å². The first-order valence-corrected chi connectivity index (χ1v) is 6.11. The number of aliphatic imine (C=N–C) groups is 1. The van der Waals surface area contributed by atoms with Gasteiger partial charge in [-0.05, 0) is 25.5 Å². The molecule has 0 aliphatic heterocycles. The van der Waals surface area contributed by atoms with Gasteiger partial charge in [-0.1, -0.05) is 35.9 Å². The highest BCUT2D eigenvalue weighted by molar-refractivity contribution is 5.79. The van der Waals surface area contributed by atoms with E-state index in [0.717, 1.165) is 11.6 Å². The second-order valence-electron chi connectivity index (χ2n) is 4.53. The molecule has 19 heavy (non-hydrogen) atoms. The van der Waals surface area contributed by atoms with Crippen molar-refractivity contribution in [2.75, 3.05) is 0 Å². The van der Waals surface area contributed by atoms with Gasteiger partial charge in [-0.2, -0.15) is 0 Å². The van der Waals surface area contributed by atoms with E-state index in [-0.39, 0.29) is 6.04 Å². The van der Waals surface area contributed by atoms with Crippen molar-refractivity contribution in [3.63, 3.8) is 0 Å². The Morgan fingerprint density at radius 3 is 2.37 bits per heavy atom. The highest BCUT2D eigenvalue weighted by atomic mass is 19.1. The van der Waals surface area contributed by atoms with Crippen LogP contribution in [0, 0.1) is 18.6 Å². The standard InChI is InChI=1S/C16H15F2N/c1-11-3-5-13(6-4-11)10-19-12(2)15-8-7-14(17)9-16(15)18/h3-10,12H,1-2H3/b19-10-. The number of halogens is 2. The summed E-state index contributed by atoms with van der Waals surface area (Å²) in [7, 11) is 0. The van der Waals surface area contributed by atoms with Gasteiger partial charge >= 0.3 is 0 Å². The molecule has 0 amide bonds. The molecule has 0 saturated heterocycles. The van der Waals surface area contributed by atoms with Gasteiger partial charge in [0.25, 0.3) is 0 Å². The smallest absolute Gasteiger partial charge is 0.131 e. The first-order valence-electron chi connectivity index (χ1n) is 6.11. The molecule has 0 radical (unpaired) electrons.